The number of fused-ring (bicyclic) bond motifs is 1. The van der Waals surface area contributed by atoms with E-state index in [9.17, 15) is 5.11 Å². The van der Waals surface area contributed by atoms with Gasteiger partial charge in [-0.1, -0.05) is 11.6 Å². The van der Waals surface area contributed by atoms with Crippen LogP contribution >= 0.6 is 22.9 Å². The van der Waals surface area contributed by atoms with Crippen molar-refractivity contribution in [3.63, 3.8) is 0 Å². The first-order valence-electron chi connectivity index (χ1n) is 7.12. The van der Waals surface area contributed by atoms with E-state index >= 15 is 0 Å². The highest BCUT2D eigenvalue weighted by Gasteiger charge is 2.25. The van der Waals surface area contributed by atoms with Gasteiger partial charge < -0.3 is 15.2 Å². The maximum atomic E-state index is 9.47. The predicted octanol–water partition coefficient (Wildman–Crippen LogP) is 4.39. The lowest BCUT2D eigenvalue weighted by Gasteiger charge is -2.16. The van der Waals surface area contributed by atoms with E-state index in [1.807, 2.05) is 25.1 Å². The van der Waals surface area contributed by atoms with Crippen LogP contribution in [0.5, 0.6) is 5.75 Å². The highest BCUT2D eigenvalue weighted by Crippen LogP contribution is 2.41. The summed E-state index contributed by atoms with van der Waals surface area (Å²) in [6, 6.07) is 8.22. The molecule has 0 bridgehead atoms. The van der Waals surface area contributed by atoms with Crippen LogP contribution in [0.25, 0.3) is 0 Å². The molecule has 5 heteroatoms. The molecule has 3 rings (SSSR count). The molecule has 3 nitrogen and oxygen atoms in total. The molecule has 21 heavy (non-hydrogen) atoms. The molecule has 0 saturated heterocycles. The predicted molar refractivity (Wildman–Crippen MR) is 87.5 cm³/mol. The number of aliphatic hydroxyl groups is 1. The molecule has 1 unspecified atom stereocenters. The number of halogens is 1. The second kappa shape index (κ2) is 6.26. The minimum absolute atomic E-state index is 0.0228. The van der Waals surface area contributed by atoms with Gasteiger partial charge in [0.15, 0.2) is 0 Å². The normalized spacial score (nSPS) is 16.8. The van der Waals surface area contributed by atoms with Crippen LogP contribution in [0.2, 0.25) is 4.34 Å². The third kappa shape index (κ3) is 3.03. The maximum Gasteiger partial charge on any atom is 0.124 e. The monoisotopic (exact) mass is 323 g/mol. The van der Waals surface area contributed by atoms with Crippen LogP contribution in [0, 0.1) is 0 Å². The second-order valence-corrected chi connectivity index (χ2v) is 6.85. The van der Waals surface area contributed by atoms with Gasteiger partial charge in [0.25, 0.3) is 0 Å². The standard InChI is InChI=1S/C16H18ClNO2S/c1-2-20-14-5-3-11(7-10(14)9-19)18-13-4-6-15-12(13)8-16(17)21-15/h3,5,7-8,13,18-19H,2,4,6,9H2,1H3. The highest BCUT2D eigenvalue weighted by molar-refractivity contribution is 7.16. The summed E-state index contributed by atoms with van der Waals surface area (Å²) in [7, 11) is 0. The Morgan fingerprint density at radius 3 is 3.05 bits per heavy atom. The largest absolute Gasteiger partial charge is 0.494 e. The number of anilines is 1. The molecule has 2 N–H and O–H groups in total. The van der Waals surface area contributed by atoms with Crippen molar-refractivity contribution in [2.75, 3.05) is 11.9 Å². The lowest BCUT2D eigenvalue weighted by Crippen LogP contribution is -2.07. The van der Waals surface area contributed by atoms with Crippen molar-refractivity contribution in [2.24, 2.45) is 0 Å². The van der Waals surface area contributed by atoms with Gasteiger partial charge >= 0.3 is 0 Å². The molecule has 0 spiro atoms. The van der Waals surface area contributed by atoms with Crippen LogP contribution in [0.1, 0.15) is 35.4 Å². The van der Waals surface area contributed by atoms with Crippen LogP contribution in [0.3, 0.4) is 0 Å². The van der Waals surface area contributed by atoms with Gasteiger partial charge in [0, 0.05) is 16.1 Å². The Labute approximate surface area is 133 Å². The Bertz CT molecular complexity index is 641. The minimum atomic E-state index is -0.0228. The Morgan fingerprint density at radius 2 is 2.29 bits per heavy atom. The first kappa shape index (κ1) is 14.7. The molecule has 1 aliphatic rings. The average Bonchev–Trinajstić information content (AvgIpc) is 3.01. The highest BCUT2D eigenvalue weighted by atomic mass is 35.5. The Balaban J connectivity index is 1.79. The van der Waals surface area contributed by atoms with Gasteiger partial charge in [0.05, 0.1) is 23.6 Å². The molecule has 0 saturated carbocycles. The fraction of sp³-hybridized carbons (Fsp3) is 0.375. The average molecular weight is 324 g/mol. The smallest absolute Gasteiger partial charge is 0.124 e. The van der Waals surface area contributed by atoms with Crippen molar-refractivity contribution in [1.29, 1.82) is 0 Å². The lowest BCUT2D eigenvalue weighted by molar-refractivity contribution is 0.267. The zero-order valence-corrected chi connectivity index (χ0v) is 13.4. The van der Waals surface area contributed by atoms with Crippen molar-refractivity contribution in [2.45, 2.75) is 32.4 Å². The minimum Gasteiger partial charge on any atom is -0.494 e. The van der Waals surface area contributed by atoms with E-state index < -0.39 is 0 Å². The van der Waals surface area contributed by atoms with Gasteiger partial charge in [-0.15, -0.1) is 11.3 Å². The van der Waals surface area contributed by atoms with Gasteiger partial charge in [0.2, 0.25) is 0 Å². The van der Waals surface area contributed by atoms with Crippen LogP contribution in [0.15, 0.2) is 24.3 Å². The number of nitrogens with one attached hydrogen (secondary N) is 1. The van der Waals surface area contributed by atoms with E-state index in [1.54, 1.807) is 11.3 Å². The summed E-state index contributed by atoms with van der Waals surface area (Å²) in [4.78, 5) is 1.38. The SMILES string of the molecule is CCOc1ccc(NC2CCc3sc(Cl)cc32)cc1CO. The van der Waals surface area contributed by atoms with Gasteiger partial charge in [-0.3, -0.25) is 0 Å². The third-order valence-corrected chi connectivity index (χ3v) is 5.06. The molecular weight excluding hydrogens is 306 g/mol. The van der Waals surface area contributed by atoms with Crippen molar-refractivity contribution < 1.29 is 9.84 Å². The van der Waals surface area contributed by atoms with Gasteiger partial charge in [-0.05, 0) is 49.6 Å². The summed E-state index contributed by atoms with van der Waals surface area (Å²) in [5, 5.41) is 13.0. The Hall–Kier alpha value is -1.23. The third-order valence-electron chi connectivity index (χ3n) is 3.72. The molecule has 0 fully saturated rings. The first-order valence-corrected chi connectivity index (χ1v) is 8.32. The molecular formula is C16H18ClNO2S. The number of hydrogen-bond donors (Lipinski definition) is 2. The van der Waals surface area contributed by atoms with Gasteiger partial charge in [0.1, 0.15) is 5.75 Å². The summed E-state index contributed by atoms with van der Waals surface area (Å²) in [6.45, 7) is 2.51. The topological polar surface area (TPSA) is 41.5 Å². The molecule has 1 aromatic carbocycles. The second-order valence-electron chi connectivity index (χ2n) is 5.08. The fourth-order valence-corrected chi connectivity index (χ4v) is 4.13. The molecule has 1 heterocycles. The van der Waals surface area contributed by atoms with Gasteiger partial charge in [-0.25, -0.2) is 0 Å². The molecule has 112 valence electrons. The summed E-state index contributed by atoms with van der Waals surface area (Å²) < 4.78 is 6.36. The summed E-state index contributed by atoms with van der Waals surface area (Å²) in [5.74, 6) is 0.747. The number of aliphatic hydroxyl groups excluding tert-OH is 1. The maximum absolute atomic E-state index is 9.47. The summed E-state index contributed by atoms with van der Waals surface area (Å²) in [6.07, 6.45) is 2.16. The van der Waals surface area contributed by atoms with Crippen LogP contribution in [0.4, 0.5) is 5.69 Å². The van der Waals surface area contributed by atoms with E-state index in [2.05, 4.69) is 11.4 Å². The van der Waals surface area contributed by atoms with Crippen LogP contribution in [-0.2, 0) is 13.0 Å². The number of rotatable bonds is 5. The van der Waals surface area contributed by atoms with E-state index in [0.29, 0.717) is 12.6 Å². The van der Waals surface area contributed by atoms with Crippen molar-refractivity contribution in [1.82, 2.24) is 0 Å². The Kier molecular flexibility index (Phi) is 4.38. The number of ether oxygens (including phenoxy) is 1. The van der Waals surface area contributed by atoms with Gasteiger partial charge in [-0.2, -0.15) is 0 Å². The number of benzene rings is 1. The van der Waals surface area contributed by atoms with Crippen molar-refractivity contribution in [3.8, 4) is 5.75 Å². The van der Waals surface area contributed by atoms with E-state index in [1.165, 1.54) is 10.4 Å². The quantitative estimate of drug-likeness (QED) is 0.857. The van der Waals surface area contributed by atoms with E-state index in [-0.39, 0.29) is 6.61 Å². The Morgan fingerprint density at radius 1 is 1.43 bits per heavy atom. The number of hydrogen-bond acceptors (Lipinski definition) is 4. The molecule has 1 aliphatic carbocycles. The molecule has 0 amide bonds. The number of aryl methyl sites for hydroxylation is 1. The fourth-order valence-electron chi connectivity index (χ4n) is 2.77. The molecule has 1 atom stereocenters. The molecule has 0 aliphatic heterocycles. The zero-order valence-electron chi connectivity index (χ0n) is 11.9. The molecule has 0 radical (unpaired) electrons. The zero-order chi connectivity index (χ0) is 14.8. The molecule has 1 aromatic heterocycles. The van der Waals surface area contributed by atoms with Crippen molar-refractivity contribution >= 4 is 28.6 Å². The van der Waals surface area contributed by atoms with E-state index in [0.717, 1.165) is 34.2 Å². The number of thiophene rings is 1. The van der Waals surface area contributed by atoms with Crippen molar-refractivity contribution in [3.05, 3.63) is 44.6 Å². The van der Waals surface area contributed by atoms with Crippen LogP contribution < -0.4 is 10.1 Å². The molecule has 2 aromatic rings. The van der Waals surface area contributed by atoms with E-state index in [4.69, 9.17) is 16.3 Å². The van der Waals surface area contributed by atoms with Crippen LogP contribution in [-0.4, -0.2) is 11.7 Å². The summed E-state index contributed by atoms with van der Waals surface area (Å²) in [5.41, 5.74) is 3.12. The summed E-state index contributed by atoms with van der Waals surface area (Å²) >= 11 is 7.76. The first-order chi connectivity index (χ1) is 10.2. The lowest BCUT2D eigenvalue weighted by atomic mass is 10.1.